The molecule has 0 saturated carbocycles. The fourth-order valence-electron chi connectivity index (χ4n) is 2.00. The van der Waals surface area contributed by atoms with Crippen molar-refractivity contribution in [2.24, 2.45) is 7.05 Å². The van der Waals surface area contributed by atoms with Gasteiger partial charge in [-0.3, -0.25) is 9.48 Å². The predicted molar refractivity (Wildman–Crippen MR) is 68.7 cm³/mol. The zero-order valence-electron chi connectivity index (χ0n) is 10.9. The van der Waals surface area contributed by atoms with Gasteiger partial charge >= 0.3 is 5.97 Å². The molecule has 20 heavy (non-hydrogen) atoms. The molecule has 1 aromatic rings. The number of sulfonamides is 1. The Kier molecular flexibility index (Phi) is 4.33. The summed E-state index contributed by atoms with van der Waals surface area (Å²) in [5.74, 6) is -0.674. The second-order valence-electron chi connectivity index (χ2n) is 4.15. The molecule has 1 atom stereocenters. The van der Waals surface area contributed by atoms with Gasteiger partial charge in [0.15, 0.2) is 5.03 Å². The third kappa shape index (κ3) is 2.53. The van der Waals surface area contributed by atoms with E-state index >= 15 is 0 Å². The highest BCUT2D eigenvalue weighted by Gasteiger charge is 2.41. The number of ether oxygens (including phenoxy) is 2. The Labute approximate surface area is 121 Å². The topological polar surface area (TPSA) is 90.7 Å². The third-order valence-electron chi connectivity index (χ3n) is 2.95. The molecule has 2 rings (SSSR count). The number of aromatic nitrogens is 2. The summed E-state index contributed by atoms with van der Waals surface area (Å²) in [5, 5.41) is 3.64. The van der Waals surface area contributed by atoms with Gasteiger partial charge < -0.3 is 9.47 Å². The molecule has 1 aliphatic rings. The lowest BCUT2D eigenvalue weighted by atomic mass is 10.3. The summed E-state index contributed by atoms with van der Waals surface area (Å²) in [4.78, 5) is 11.7. The molecule has 1 fully saturated rings. The number of carbonyl (C=O) groups excluding carboxylic acids is 1. The van der Waals surface area contributed by atoms with Gasteiger partial charge in [-0.05, 0) is 0 Å². The fraction of sp³-hybridized carbons (Fsp3) is 0.600. The number of morpholine rings is 1. The Morgan fingerprint density at radius 1 is 1.60 bits per heavy atom. The van der Waals surface area contributed by atoms with E-state index in [2.05, 4.69) is 9.84 Å². The number of nitrogens with zero attached hydrogens (tertiary/aromatic N) is 3. The molecule has 0 amide bonds. The highest BCUT2D eigenvalue weighted by atomic mass is 35.5. The van der Waals surface area contributed by atoms with Crippen molar-refractivity contribution < 1.29 is 22.7 Å². The molecule has 1 aliphatic heterocycles. The Bertz CT molecular complexity index is 595. The molecule has 8 nitrogen and oxygen atoms in total. The van der Waals surface area contributed by atoms with Crippen molar-refractivity contribution in [3.63, 3.8) is 0 Å². The van der Waals surface area contributed by atoms with Crippen LogP contribution in [0, 0.1) is 0 Å². The first-order valence-electron chi connectivity index (χ1n) is 5.74. The SMILES string of the molecule is COC(=O)C1COCCN1S(=O)(=O)c1c(Cl)cnn1C. The zero-order valence-corrected chi connectivity index (χ0v) is 12.5. The average molecular weight is 324 g/mol. The molecule has 0 spiro atoms. The first kappa shape index (κ1) is 15.2. The van der Waals surface area contributed by atoms with Crippen molar-refractivity contribution in [3.8, 4) is 0 Å². The summed E-state index contributed by atoms with van der Waals surface area (Å²) in [6, 6.07) is -1.02. The van der Waals surface area contributed by atoms with Crippen LogP contribution in [-0.2, 0) is 31.3 Å². The minimum atomic E-state index is -3.96. The smallest absolute Gasteiger partial charge is 0.326 e. The van der Waals surface area contributed by atoms with Crippen LogP contribution in [0.15, 0.2) is 11.2 Å². The van der Waals surface area contributed by atoms with Gasteiger partial charge in [-0.15, -0.1) is 0 Å². The molecule has 1 unspecified atom stereocenters. The lowest BCUT2D eigenvalue weighted by Gasteiger charge is -2.32. The van der Waals surface area contributed by atoms with E-state index in [-0.39, 0.29) is 29.8 Å². The Balaban J connectivity index is 2.44. The predicted octanol–water partition coefficient (Wildman–Crippen LogP) is -0.364. The van der Waals surface area contributed by atoms with Crippen molar-refractivity contribution in [3.05, 3.63) is 11.2 Å². The molecule has 112 valence electrons. The van der Waals surface area contributed by atoms with E-state index in [1.807, 2.05) is 0 Å². The van der Waals surface area contributed by atoms with E-state index < -0.39 is 22.0 Å². The second-order valence-corrected chi connectivity index (χ2v) is 6.36. The number of rotatable bonds is 3. The first-order valence-corrected chi connectivity index (χ1v) is 7.56. The minimum absolute atomic E-state index is 0.00241. The second kappa shape index (κ2) is 5.68. The molecule has 1 aromatic heterocycles. The monoisotopic (exact) mass is 323 g/mol. The molecule has 0 N–H and O–H groups in total. The average Bonchev–Trinajstić information content (AvgIpc) is 2.77. The van der Waals surface area contributed by atoms with Crippen LogP contribution >= 0.6 is 11.6 Å². The molecule has 0 aliphatic carbocycles. The van der Waals surface area contributed by atoms with Gasteiger partial charge in [-0.25, -0.2) is 8.42 Å². The molecule has 0 radical (unpaired) electrons. The van der Waals surface area contributed by atoms with E-state index in [0.717, 1.165) is 8.99 Å². The summed E-state index contributed by atoms with van der Waals surface area (Å²) in [6.07, 6.45) is 1.24. The number of aryl methyl sites for hydroxylation is 1. The van der Waals surface area contributed by atoms with Crippen molar-refractivity contribution in [2.75, 3.05) is 26.9 Å². The number of esters is 1. The Morgan fingerprint density at radius 2 is 2.30 bits per heavy atom. The lowest BCUT2D eigenvalue weighted by Crippen LogP contribution is -2.53. The van der Waals surface area contributed by atoms with Crippen LogP contribution in [-0.4, -0.2) is 61.4 Å². The van der Waals surface area contributed by atoms with Gasteiger partial charge in [0.25, 0.3) is 10.0 Å². The van der Waals surface area contributed by atoms with Gasteiger partial charge in [0.05, 0.1) is 31.5 Å². The summed E-state index contributed by atoms with van der Waals surface area (Å²) < 4.78 is 37.2. The maximum Gasteiger partial charge on any atom is 0.326 e. The van der Waals surface area contributed by atoms with Gasteiger partial charge in [-0.1, -0.05) is 11.6 Å². The van der Waals surface area contributed by atoms with Crippen molar-refractivity contribution in [1.82, 2.24) is 14.1 Å². The number of methoxy groups -OCH3 is 1. The normalized spacial score (nSPS) is 20.9. The van der Waals surface area contributed by atoms with Gasteiger partial charge in [-0.2, -0.15) is 9.40 Å². The number of halogens is 1. The van der Waals surface area contributed by atoms with Crippen molar-refractivity contribution in [1.29, 1.82) is 0 Å². The molecule has 0 bridgehead atoms. The fourth-order valence-corrected chi connectivity index (χ4v) is 4.16. The molecule has 2 heterocycles. The molecule has 0 aromatic carbocycles. The lowest BCUT2D eigenvalue weighted by molar-refractivity contribution is -0.149. The van der Waals surface area contributed by atoms with Crippen LogP contribution in [0.1, 0.15) is 0 Å². The highest BCUT2D eigenvalue weighted by Crippen LogP contribution is 2.26. The molecular weight excluding hydrogens is 310 g/mol. The Hall–Kier alpha value is -1.16. The summed E-state index contributed by atoms with van der Waals surface area (Å²) in [6.45, 7) is 0.188. The van der Waals surface area contributed by atoms with E-state index in [0.29, 0.717) is 0 Å². The van der Waals surface area contributed by atoms with E-state index in [9.17, 15) is 13.2 Å². The summed E-state index contributed by atoms with van der Waals surface area (Å²) >= 11 is 5.87. The van der Waals surface area contributed by atoms with Gasteiger partial charge in [0, 0.05) is 13.6 Å². The summed E-state index contributed by atoms with van der Waals surface area (Å²) in [5.41, 5.74) is 0. The van der Waals surface area contributed by atoms with E-state index in [1.165, 1.54) is 20.4 Å². The Morgan fingerprint density at radius 3 is 2.85 bits per heavy atom. The zero-order chi connectivity index (χ0) is 14.9. The van der Waals surface area contributed by atoms with Crippen LogP contribution < -0.4 is 0 Å². The standard InChI is InChI=1S/C10H14ClN3O5S/c1-13-9(7(11)5-12-13)20(16,17)14-3-4-19-6-8(14)10(15)18-2/h5,8H,3-4,6H2,1-2H3. The van der Waals surface area contributed by atoms with Crippen LogP contribution in [0.3, 0.4) is 0 Å². The van der Waals surface area contributed by atoms with Crippen LogP contribution in [0.2, 0.25) is 5.02 Å². The molecule has 10 heteroatoms. The van der Waals surface area contributed by atoms with E-state index in [1.54, 1.807) is 0 Å². The van der Waals surface area contributed by atoms with Gasteiger partial charge in [0.2, 0.25) is 0 Å². The third-order valence-corrected chi connectivity index (χ3v) is 5.36. The van der Waals surface area contributed by atoms with Crippen LogP contribution in [0.4, 0.5) is 0 Å². The minimum Gasteiger partial charge on any atom is -0.468 e. The number of carbonyl (C=O) groups is 1. The number of hydrogen-bond acceptors (Lipinski definition) is 6. The van der Waals surface area contributed by atoms with Crippen LogP contribution in [0.25, 0.3) is 0 Å². The summed E-state index contributed by atoms with van der Waals surface area (Å²) in [7, 11) is -1.31. The maximum absolute atomic E-state index is 12.6. The van der Waals surface area contributed by atoms with Crippen molar-refractivity contribution in [2.45, 2.75) is 11.1 Å². The highest BCUT2D eigenvalue weighted by molar-refractivity contribution is 7.89. The van der Waals surface area contributed by atoms with Crippen molar-refractivity contribution >= 4 is 27.6 Å². The maximum atomic E-state index is 12.6. The molecule has 1 saturated heterocycles. The molecular formula is C10H14ClN3O5S. The first-order chi connectivity index (χ1) is 9.39. The largest absolute Gasteiger partial charge is 0.468 e. The van der Waals surface area contributed by atoms with Gasteiger partial charge in [0.1, 0.15) is 6.04 Å². The van der Waals surface area contributed by atoms with Crippen LogP contribution in [0.5, 0.6) is 0 Å². The van der Waals surface area contributed by atoms with E-state index in [4.69, 9.17) is 16.3 Å². The number of hydrogen-bond donors (Lipinski definition) is 0. The quantitative estimate of drug-likeness (QED) is 0.705.